The van der Waals surface area contributed by atoms with Crippen molar-refractivity contribution >= 4 is 17.5 Å². The summed E-state index contributed by atoms with van der Waals surface area (Å²) in [5.74, 6) is -0.213. The van der Waals surface area contributed by atoms with Crippen LogP contribution < -0.4 is 0 Å². The van der Waals surface area contributed by atoms with Gasteiger partial charge in [0.15, 0.2) is 0 Å². The molecule has 1 aromatic heterocycles. The molecule has 4 nitrogen and oxygen atoms in total. The van der Waals surface area contributed by atoms with Crippen molar-refractivity contribution < 1.29 is 9.18 Å². The molecule has 0 spiro atoms. The minimum absolute atomic E-state index is 0.0374. The summed E-state index contributed by atoms with van der Waals surface area (Å²) in [6, 6.07) is 8.48. The highest BCUT2D eigenvalue weighted by Crippen LogP contribution is 2.15. The minimum atomic E-state index is -0.175. The summed E-state index contributed by atoms with van der Waals surface area (Å²) in [5, 5.41) is 0.532. The van der Waals surface area contributed by atoms with Gasteiger partial charge < -0.3 is 9.88 Å². The summed E-state index contributed by atoms with van der Waals surface area (Å²) in [6.45, 7) is 3.48. The Bertz CT molecular complexity index is 688. The highest BCUT2D eigenvalue weighted by Gasteiger charge is 2.21. The molecule has 1 N–H and O–H groups in total. The molecule has 23 heavy (non-hydrogen) atoms. The van der Waals surface area contributed by atoms with Crippen LogP contribution in [0.3, 0.4) is 0 Å². The summed E-state index contributed by atoms with van der Waals surface area (Å²) in [5.41, 5.74) is 1.21. The molecule has 1 saturated heterocycles. The maximum absolute atomic E-state index is 13.8. The highest BCUT2D eigenvalue weighted by molar-refractivity contribution is 6.30. The number of hydrogen-bond acceptors (Lipinski definition) is 2. The number of H-pyrrole nitrogens is 1. The Kier molecular flexibility index (Phi) is 4.98. The average Bonchev–Trinajstić information content (AvgIpc) is 2.84. The van der Waals surface area contributed by atoms with Gasteiger partial charge in [0.2, 0.25) is 0 Å². The molecule has 0 bridgehead atoms. The molecular weight excluding hydrogens is 317 g/mol. The number of carbonyl (C=O) groups is 1. The number of rotatable bonds is 3. The maximum atomic E-state index is 13.8. The van der Waals surface area contributed by atoms with Gasteiger partial charge in [-0.15, -0.1) is 0 Å². The molecule has 2 aromatic rings. The van der Waals surface area contributed by atoms with Crippen molar-refractivity contribution in [3.63, 3.8) is 0 Å². The molecule has 1 amide bonds. The number of hydrogen-bond donors (Lipinski definition) is 1. The number of nitrogens with one attached hydrogen (secondary N) is 1. The van der Waals surface area contributed by atoms with Gasteiger partial charge in [-0.05, 0) is 18.6 Å². The third kappa shape index (κ3) is 3.92. The van der Waals surface area contributed by atoms with Crippen molar-refractivity contribution in [1.82, 2.24) is 14.8 Å². The summed E-state index contributed by atoms with van der Waals surface area (Å²) < 4.78 is 13.8. The number of amides is 1. The molecule has 0 atom stereocenters. The fraction of sp³-hybridized carbons (Fsp3) is 0.353. The van der Waals surface area contributed by atoms with Crippen LogP contribution in [0.1, 0.15) is 22.5 Å². The lowest BCUT2D eigenvalue weighted by Crippen LogP contribution is -2.35. The first-order valence-electron chi connectivity index (χ1n) is 7.72. The molecule has 1 aliphatic rings. The molecule has 2 heterocycles. The first-order chi connectivity index (χ1) is 11.1. The first kappa shape index (κ1) is 16.0. The van der Waals surface area contributed by atoms with Crippen LogP contribution in [0.4, 0.5) is 4.39 Å². The Hall–Kier alpha value is -1.85. The Morgan fingerprint density at radius 2 is 2.04 bits per heavy atom. The average molecular weight is 336 g/mol. The highest BCUT2D eigenvalue weighted by atomic mass is 35.5. The Labute approximate surface area is 139 Å². The van der Waals surface area contributed by atoms with Crippen molar-refractivity contribution in [3.8, 4) is 0 Å². The van der Waals surface area contributed by atoms with E-state index in [-0.39, 0.29) is 11.7 Å². The zero-order valence-electron chi connectivity index (χ0n) is 12.8. The van der Waals surface area contributed by atoms with E-state index in [4.69, 9.17) is 11.6 Å². The molecule has 1 fully saturated rings. The van der Waals surface area contributed by atoms with E-state index in [9.17, 15) is 9.18 Å². The third-order valence-corrected chi connectivity index (χ3v) is 4.32. The second-order valence-electron chi connectivity index (χ2n) is 5.74. The lowest BCUT2D eigenvalue weighted by Gasteiger charge is -2.22. The largest absolute Gasteiger partial charge is 0.356 e. The number of halogens is 2. The van der Waals surface area contributed by atoms with Crippen LogP contribution in [0, 0.1) is 5.82 Å². The van der Waals surface area contributed by atoms with Crippen molar-refractivity contribution in [2.24, 2.45) is 0 Å². The summed E-state index contributed by atoms with van der Waals surface area (Å²) in [7, 11) is 0. The van der Waals surface area contributed by atoms with Gasteiger partial charge in [0.25, 0.3) is 5.91 Å². The summed E-state index contributed by atoms with van der Waals surface area (Å²) in [4.78, 5) is 19.3. The predicted octanol–water partition coefficient (Wildman–Crippen LogP) is 3.16. The minimum Gasteiger partial charge on any atom is -0.356 e. The van der Waals surface area contributed by atoms with Gasteiger partial charge in [-0.2, -0.15) is 0 Å². The molecular formula is C17H19ClFN3O. The van der Waals surface area contributed by atoms with Crippen LogP contribution in [0.15, 0.2) is 36.5 Å². The number of carbonyl (C=O) groups excluding carboxylic acids is 1. The molecule has 0 saturated carbocycles. The van der Waals surface area contributed by atoms with E-state index in [1.165, 1.54) is 6.07 Å². The number of aromatic nitrogens is 1. The van der Waals surface area contributed by atoms with Crippen LogP contribution in [0.2, 0.25) is 5.02 Å². The molecule has 1 aromatic carbocycles. The molecule has 0 aliphatic carbocycles. The van der Waals surface area contributed by atoms with Gasteiger partial charge >= 0.3 is 0 Å². The topological polar surface area (TPSA) is 39.3 Å². The monoisotopic (exact) mass is 335 g/mol. The standard InChI is InChI=1S/C17H19ClFN3O/c18-14-10-16(20-11-14)17(23)22-7-3-6-21(8-9-22)12-13-4-1-2-5-15(13)19/h1-2,4-5,10-11,20H,3,6-9,12H2. The summed E-state index contributed by atoms with van der Waals surface area (Å²) >= 11 is 5.86. The normalized spacial score (nSPS) is 16.3. The van der Waals surface area contributed by atoms with Gasteiger partial charge in [-0.25, -0.2) is 4.39 Å². The fourth-order valence-corrected chi connectivity index (χ4v) is 3.03. The van der Waals surface area contributed by atoms with E-state index in [0.29, 0.717) is 35.9 Å². The van der Waals surface area contributed by atoms with Crippen LogP contribution >= 0.6 is 11.6 Å². The van der Waals surface area contributed by atoms with Crippen LogP contribution in [0.25, 0.3) is 0 Å². The third-order valence-electron chi connectivity index (χ3n) is 4.11. The van der Waals surface area contributed by atoms with E-state index in [2.05, 4.69) is 9.88 Å². The van der Waals surface area contributed by atoms with Gasteiger partial charge in [-0.3, -0.25) is 9.69 Å². The van der Waals surface area contributed by atoms with Crippen LogP contribution in [-0.4, -0.2) is 46.9 Å². The van der Waals surface area contributed by atoms with Crippen molar-refractivity contribution in [2.75, 3.05) is 26.2 Å². The number of aromatic amines is 1. The van der Waals surface area contributed by atoms with Gasteiger partial charge in [0.05, 0.1) is 5.02 Å². The number of benzene rings is 1. The van der Waals surface area contributed by atoms with E-state index in [1.54, 1.807) is 18.3 Å². The molecule has 122 valence electrons. The van der Waals surface area contributed by atoms with E-state index >= 15 is 0 Å². The van der Waals surface area contributed by atoms with Gasteiger partial charge in [0.1, 0.15) is 11.5 Å². The van der Waals surface area contributed by atoms with Crippen molar-refractivity contribution in [1.29, 1.82) is 0 Å². The summed E-state index contributed by atoms with van der Waals surface area (Å²) in [6.07, 6.45) is 2.48. The molecule has 0 unspecified atom stereocenters. The molecule has 3 rings (SSSR count). The lowest BCUT2D eigenvalue weighted by atomic mass is 10.2. The first-order valence-corrected chi connectivity index (χ1v) is 8.10. The van der Waals surface area contributed by atoms with Crippen molar-refractivity contribution in [3.05, 3.63) is 58.6 Å². The van der Waals surface area contributed by atoms with E-state index in [1.807, 2.05) is 17.0 Å². The molecule has 6 heteroatoms. The van der Waals surface area contributed by atoms with Gasteiger partial charge in [0, 0.05) is 44.5 Å². The molecule has 0 radical (unpaired) electrons. The second kappa shape index (κ2) is 7.15. The zero-order valence-corrected chi connectivity index (χ0v) is 13.5. The van der Waals surface area contributed by atoms with E-state index in [0.717, 1.165) is 19.5 Å². The predicted molar refractivity (Wildman–Crippen MR) is 88.0 cm³/mol. The van der Waals surface area contributed by atoms with Crippen molar-refractivity contribution in [2.45, 2.75) is 13.0 Å². The van der Waals surface area contributed by atoms with Gasteiger partial charge in [-0.1, -0.05) is 29.8 Å². The second-order valence-corrected chi connectivity index (χ2v) is 6.18. The Balaban J connectivity index is 1.61. The zero-order chi connectivity index (χ0) is 16.2. The quantitative estimate of drug-likeness (QED) is 0.936. The van der Waals surface area contributed by atoms with E-state index < -0.39 is 0 Å². The SMILES string of the molecule is O=C(c1cc(Cl)c[nH]1)N1CCCN(Cc2ccccc2F)CC1. The van der Waals surface area contributed by atoms with Crippen LogP contribution in [-0.2, 0) is 6.54 Å². The Morgan fingerprint density at radius 1 is 1.22 bits per heavy atom. The fourth-order valence-electron chi connectivity index (χ4n) is 2.86. The number of nitrogens with zero attached hydrogens (tertiary/aromatic N) is 2. The van der Waals surface area contributed by atoms with Crippen LogP contribution in [0.5, 0.6) is 0 Å². The molecule has 1 aliphatic heterocycles. The lowest BCUT2D eigenvalue weighted by molar-refractivity contribution is 0.0756. The maximum Gasteiger partial charge on any atom is 0.270 e. The Morgan fingerprint density at radius 3 is 2.78 bits per heavy atom. The smallest absolute Gasteiger partial charge is 0.270 e.